The van der Waals surface area contributed by atoms with Crippen molar-refractivity contribution in [2.24, 2.45) is 5.92 Å². The summed E-state index contributed by atoms with van der Waals surface area (Å²) in [6, 6.07) is 8.01. The van der Waals surface area contributed by atoms with Crippen molar-refractivity contribution in [3.8, 4) is 0 Å². The van der Waals surface area contributed by atoms with Crippen molar-refractivity contribution < 1.29 is 27.2 Å². The molecule has 1 aliphatic rings. The predicted molar refractivity (Wildman–Crippen MR) is 136 cm³/mol. The predicted octanol–water partition coefficient (Wildman–Crippen LogP) is 7.37. The third-order valence-electron chi connectivity index (χ3n) is 5.78. The monoisotopic (exact) mass is 593 g/mol. The van der Waals surface area contributed by atoms with Crippen LogP contribution in [0.4, 0.5) is 34.6 Å². The van der Waals surface area contributed by atoms with Crippen molar-refractivity contribution in [3.63, 3.8) is 0 Å². The topological polar surface area (TPSA) is 70.2 Å². The Morgan fingerprint density at radius 2 is 1.57 bits per heavy atom. The molecule has 5 nitrogen and oxygen atoms in total. The normalized spacial score (nSPS) is 17.8. The molecule has 0 aliphatic heterocycles. The molecule has 13 heteroatoms. The Morgan fingerprint density at radius 3 is 2.22 bits per heavy atom. The maximum absolute atomic E-state index is 14.5. The Bertz CT molecular complexity index is 1440. The number of carbonyl (C=O) groups excluding carboxylic acids is 2. The van der Waals surface area contributed by atoms with E-state index >= 15 is 0 Å². The Kier molecular flexibility index (Phi) is 7.54. The summed E-state index contributed by atoms with van der Waals surface area (Å²) in [4.78, 5) is 25.5. The average Bonchev–Trinajstić information content (AvgIpc) is 3.42. The first-order chi connectivity index (χ1) is 17.4. The summed E-state index contributed by atoms with van der Waals surface area (Å²) in [6.07, 6.45) is 0. The van der Waals surface area contributed by atoms with Crippen LogP contribution in [-0.2, 0) is 4.79 Å². The zero-order valence-electron chi connectivity index (χ0n) is 18.5. The van der Waals surface area contributed by atoms with Gasteiger partial charge >= 0.3 is 0 Å². The number of halogens is 8. The van der Waals surface area contributed by atoms with Gasteiger partial charge in [-0.05, 0) is 35.9 Å². The lowest BCUT2D eigenvalue weighted by Crippen LogP contribution is -2.20. The quantitative estimate of drug-likeness (QED) is 0.206. The fourth-order valence-electron chi connectivity index (χ4n) is 3.86. The second-order valence-electron chi connectivity index (χ2n) is 8.10. The molecule has 0 bridgehead atoms. The van der Waals surface area contributed by atoms with Crippen LogP contribution in [-0.4, -0.2) is 23.2 Å². The van der Waals surface area contributed by atoms with Crippen molar-refractivity contribution in [3.05, 3.63) is 86.9 Å². The summed E-state index contributed by atoms with van der Waals surface area (Å²) in [5, 5.41) is 7.20. The van der Waals surface area contributed by atoms with Gasteiger partial charge in [0.05, 0.1) is 27.2 Å². The standard InChI is InChI=1S/C24H15Cl4F4N3O2/c1-33-16-5-4-14(29)21(20(16)32)35-22(36)11-7-10(8-15(30)19(11)31)34-23(37)18-17(24(18,27)28)9-2-3-12(25)13(26)6-9/h2-8,17-18,33H,1H3,(H,34,37)(H,35,36)/t17-,18+/m0/s1. The lowest BCUT2D eigenvalue weighted by Gasteiger charge is -2.13. The Labute approximate surface area is 228 Å². The van der Waals surface area contributed by atoms with Crippen molar-refractivity contribution >= 4 is 75.3 Å². The maximum Gasteiger partial charge on any atom is 0.258 e. The van der Waals surface area contributed by atoms with Gasteiger partial charge in [0.25, 0.3) is 5.91 Å². The van der Waals surface area contributed by atoms with Gasteiger partial charge in [0.2, 0.25) is 5.91 Å². The van der Waals surface area contributed by atoms with Crippen LogP contribution < -0.4 is 16.0 Å². The van der Waals surface area contributed by atoms with Crippen LogP contribution in [0.2, 0.25) is 10.0 Å². The highest BCUT2D eigenvalue weighted by atomic mass is 35.5. The van der Waals surface area contributed by atoms with Crippen LogP contribution in [0.15, 0.2) is 42.5 Å². The van der Waals surface area contributed by atoms with Gasteiger partial charge < -0.3 is 16.0 Å². The molecule has 1 fully saturated rings. The summed E-state index contributed by atoms with van der Waals surface area (Å²) < 4.78 is 55.8. The first-order valence-electron chi connectivity index (χ1n) is 10.5. The molecule has 1 aliphatic carbocycles. The molecule has 3 aromatic carbocycles. The molecule has 2 amide bonds. The minimum atomic E-state index is -1.59. The van der Waals surface area contributed by atoms with E-state index in [9.17, 15) is 27.2 Å². The van der Waals surface area contributed by atoms with Crippen molar-refractivity contribution in [2.45, 2.75) is 10.3 Å². The molecule has 0 radical (unpaired) electrons. The second kappa shape index (κ2) is 10.2. The molecule has 1 saturated carbocycles. The number of nitrogens with one attached hydrogen (secondary N) is 3. The van der Waals surface area contributed by atoms with Gasteiger partial charge in [-0.25, -0.2) is 17.6 Å². The van der Waals surface area contributed by atoms with Crippen LogP contribution in [0.3, 0.4) is 0 Å². The molecular formula is C24H15Cl4F4N3O2. The second-order valence-corrected chi connectivity index (χ2v) is 10.4. The van der Waals surface area contributed by atoms with E-state index in [0.29, 0.717) is 11.6 Å². The highest BCUT2D eigenvalue weighted by Crippen LogP contribution is 2.65. The van der Waals surface area contributed by atoms with Crippen molar-refractivity contribution in [2.75, 3.05) is 23.0 Å². The molecule has 37 heavy (non-hydrogen) atoms. The lowest BCUT2D eigenvalue weighted by atomic mass is 10.1. The number of hydrogen-bond donors (Lipinski definition) is 3. The van der Waals surface area contributed by atoms with Gasteiger partial charge in [0.15, 0.2) is 17.5 Å². The van der Waals surface area contributed by atoms with Gasteiger partial charge in [-0.2, -0.15) is 0 Å². The SMILES string of the molecule is CNc1ccc(F)c(NC(=O)c2cc(NC(=O)[C@H]3[C@H](c4ccc(Cl)c(Cl)c4)C3(Cl)Cl)cc(F)c2F)c1F. The number of anilines is 3. The van der Waals surface area contributed by atoms with Gasteiger partial charge in [-0.3, -0.25) is 9.59 Å². The van der Waals surface area contributed by atoms with E-state index in [0.717, 1.165) is 18.2 Å². The highest BCUT2D eigenvalue weighted by molar-refractivity contribution is 6.53. The zero-order valence-corrected chi connectivity index (χ0v) is 21.6. The van der Waals surface area contributed by atoms with Crippen LogP contribution in [0.25, 0.3) is 0 Å². The van der Waals surface area contributed by atoms with E-state index in [1.54, 1.807) is 6.07 Å². The molecule has 0 saturated heterocycles. The van der Waals surface area contributed by atoms with Gasteiger partial charge in [0, 0.05) is 24.7 Å². The molecular weight excluding hydrogens is 580 g/mol. The summed E-state index contributed by atoms with van der Waals surface area (Å²) in [5.74, 6) is -9.19. The summed E-state index contributed by atoms with van der Waals surface area (Å²) in [7, 11) is 1.37. The van der Waals surface area contributed by atoms with E-state index in [4.69, 9.17) is 46.4 Å². The summed E-state index contributed by atoms with van der Waals surface area (Å²) >= 11 is 24.5. The Balaban J connectivity index is 1.57. The summed E-state index contributed by atoms with van der Waals surface area (Å²) in [6.45, 7) is 0. The number of carbonyl (C=O) groups is 2. The first-order valence-corrected chi connectivity index (χ1v) is 12.0. The smallest absolute Gasteiger partial charge is 0.258 e. The number of amides is 2. The number of benzene rings is 3. The Morgan fingerprint density at radius 1 is 0.865 bits per heavy atom. The van der Waals surface area contributed by atoms with E-state index < -0.39 is 62.5 Å². The van der Waals surface area contributed by atoms with Crippen LogP contribution >= 0.6 is 46.4 Å². The average molecular weight is 595 g/mol. The van der Waals surface area contributed by atoms with Crippen LogP contribution in [0.5, 0.6) is 0 Å². The minimum absolute atomic E-state index is 0.143. The maximum atomic E-state index is 14.5. The number of hydrogen-bond acceptors (Lipinski definition) is 3. The van der Waals surface area contributed by atoms with Gasteiger partial charge in [-0.1, -0.05) is 29.3 Å². The molecule has 194 valence electrons. The summed E-state index contributed by atoms with van der Waals surface area (Å²) in [5.41, 5.74) is -1.72. The van der Waals surface area contributed by atoms with E-state index in [1.165, 1.54) is 19.2 Å². The first kappa shape index (κ1) is 27.3. The third kappa shape index (κ3) is 5.18. The third-order valence-corrected chi connectivity index (χ3v) is 7.46. The molecule has 3 aromatic rings. The fraction of sp³-hybridized carbons (Fsp3) is 0.167. The lowest BCUT2D eigenvalue weighted by molar-refractivity contribution is -0.117. The zero-order chi connectivity index (χ0) is 27.2. The largest absolute Gasteiger partial charge is 0.386 e. The molecule has 0 spiro atoms. The van der Waals surface area contributed by atoms with E-state index in [2.05, 4.69) is 10.6 Å². The molecule has 0 unspecified atom stereocenters. The van der Waals surface area contributed by atoms with Crippen LogP contribution in [0, 0.1) is 29.2 Å². The molecule has 4 rings (SSSR count). The highest BCUT2D eigenvalue weighted by Gasteiger charge is 2.67. The van der Waals surface area contributed by atoms with Gasteiger partial charge in [-0.15, -0.1) is 23.2 Å². The van der Waals surface area contributed by atoms with Crippen LogP contribution in [0.1, 0.15) is 21.8 Å². The van der Waals surface area contributed by atoms with Gasteiger partial charge in [0.1, 0.15) is 15.8 Å². The number of alkyl halides is 2. The fourth-order valence-corrected chi connectivity index (χ4v) is 5.00. The Hall–Kier alpha value is -2.72. The number of rotatable bonds is 6. The molecule has 3 N–H and O–H groups in total. The minimum Gasteiger partial charge on any atom is -0.386 e. The molecule has 2 atom stereocenters. The van der Waals surface area contributed by atoms with E-state index in [1.807, 2.05) is 5.32 Å². The molecule has 0 heterocycles. The van der Waals surface area contributed by atoms with Crippen molar-refractivity contribution in [1.82, 2.24) is 0 Å². The molecule has 0 aromatic heterocycles. The van der Waals surface area contributed by atoms with E-state index in [-0.39, 0.29) is 21.4 Å². The van der Waals surface area contributed by atoms with Crippen molar-refractivity contribution in [1.29, 1.82) is 0 Å².